The standard InChI is InChI=1S/C16H19N3O2/c1-17-10-5-8-15(20)19-13-6-4-7-14(12-13)21-16-9-2-3-11-18-16/h2-4,6-7,9,11-12,17H,5,8,10H2,1H3,(H,19,20). The first-order valence-corrected chi connectivity index (χ1v) is 6.91. The topological polar surface area (TPSA) is 63.2 Å². The van der Waals surface area contributed by atoms with Crippen molar-refractivity contribution in [3.8, 4) is 11.6 Å². The van der Waals surface area contributed by atoms with E-state index in [1.54, 1.807) is 18.3 Å². The molecule has 0 unspecified atom stereocenters. The fourth-order valence-electron chi connectivity index (χ4n) is 1.81. The Morgan fingerprint density at radius 2 is 2.14 bits per heavy atom. The summed E-state index contributed by atoms with van der Waals surface area (Å²) in [5.41, 5.74) is 0.720. The predicted octanol–water partition coefficient (Wildman–Crippen LogP) is 2.81. The van der Waals surface area contributed by atoms with E-state index in [9.17, 15) is 4.79 Å². The number of ether oxygens (including phenoxy) is 1. The smallest absolute Gasteiger partial charge is 0.224 e. The van der Waals surface area contributed by atoms with Gasteiger partial charge in [-0.1, -0.05) is 12.1 Å². The van der Waals surface area contributed by atoms with Gasteiger partial charge in [-0.05, 0) is 38.2 Å². The molecular formula is C16H19N3O2. The molecular weight excluding hydrogens is 266 g/mol. The number of anilines is 1. The van der Waals surface area contributed by atoms with Crippen LogP contribution >= 0.6 is 0 Å². The molecule has 0 aliphatic rings. The summed E-state index contributed by atoms with van der Waals surface area (Å²) in [5.74, 6) is 1.16. The second kappa shape index (κ2) is 8.01. The summed E-state index contributed by atoms with van der Waals surface area (Å²) in [6.07, 6.45) is 2.97. The molecule has 1 aromatic carbocycles. The van der Waals surface area contributed by atoms with Crippen LogP contribution in [-0.4, -0.2) is 24.5 Å². The zero-order chi connectivity index (χ0) is 14.9. The number of nitrogens with zero attached hydrogens (tertiary/aromatic N) is 1. The molecule has 5 heteroatoms. The summed E-state index contributed by atoms with van der Waals surface area (Å²) >= 11 is 0. The molecule has 0 bridgehead atoms. The van der Waals surface area contributed by atoms with Gasteiger partial charge < -0.3 is 15.4 Å². The summed E-state index contributed by atoms with van der Waals surface area (Å²) in [7, 11) is 1.87. The van der Waals surface area contributed by atoms with E-state index in [0.29, 0.717) is 18.1 Å². The molecule has 0 radical (unpaired) electrons. The van der Waals surface area contributed by atoms with Crippen LogP contribution in [0.4, 0.5) is 5.69 Å². The minimum Gasteiger partial charge on any atom is -0.439 e. The lowest BCUT2D eigenvalue weighted by Crippen LogP contribution is -2.15. The number of carbonyl (C=O) groups is 1. The molecule has 1 amide bonds. The average Bonchev–Trinajstić information content (AvgIpc) is 2.49. The molecule has 2 rings (SSSR count). The maximum atomic E-state index is 11.8. The highest BCUT2D eigenvalue weighted by Gasteiger charge is 2.04. The summed E-state index contributed by atoms with van der Waals surface area (Å²) in [6.45, 7) is 0.830. The first-order valence-electron chi connectivity index (χ1n) is 6.91. The second-order valence-electron chi connectivity index (χ2n) is 4.55. The number of nitrogens with one attached hydrogen (secondary N) is 2. The molecule has 0 saturated heterocycles. The van der Waals surface area contributed by atoms with Crippen LogP contribution in [-0.2, 0) is 4.79 Å². The highest BCUT2D eigenvalue weighted by atomic mass is 16.5. The van der Waals surface area contributed by atoms with E-state index in [1.807, 2.05) is 37.4 Å². The highest BCUT2D eigenvalue weighted by Crippen LogP contribution is 2.22. The minimum absolute atomic E-state index is 0.000219. The quantitative estimate of drug-likeness (QED) is 0.768. The van der Waals surface area contributed by atoms with E-state index in [2.05, 4.69) is 15.6 Å². The molecule has 2 aromatic rings. The molecule has 2 N–H and O–H groups in total. The third kappa shape index (κ3) is 5.24. The Balaban J connectivity index is 1.93. The molecule has 0 fully saturated rings. The van der Waals surface area contributed by atoms with Crippen molar-refractivity contribution in [3.05, 3.63) is 48.7 Å². The predicted molar refractivity (Wildman–Crippen MR) is 82.5 cm³/mol. The van der Waals surface area contributed by atoms with E-state index in [1.165, 1.54) is 0 Å². The van der Waals surface area contributed by atoms with Gasteiger partial charge in [-0.15, -0.1) is 0 Å². The SMILES string of the molecule is CNCCCC(=O)Nc1cccc(Oc2ccccn2)c1. The number of pyridine rings is 1. The van der Waals surface area contributed by atoms with E-state index in [-0.39, 0.29) is 5.91 Å². The van der Waals surface area contributed by atoms with Crippen LogP contribution in [0.3, 0.4) is 0 Å². The molecule has 5 nitrogen and oxygen atoms in total. The maximum absolute atomic E-state index is 11.8. The lowest BCUT2D eigenvalue weighted by molar-refractivity contribution is -0.116. The second-order valence-corrected chi connectivity index (χ2v) is 4.55. The van der Waals surface area contributed by atoms with Gasteiger partial charge in [0, 0.05) is 30.4 Å². The molecule has 0 spiro atoms. The van der Waals surface area contributed by atoms with Crippen LogP contribution in [0.5, 0.6) is 11.6 Å². The minimum atomic E-state index is 0.000219. The van der Waals surface area contributed by atoms with Crippen molar-refractivity contribution in [1.29, 1.82) is 0 Å². The number of benzene rings is 1. The van der Waals surface area contributed by atoms with Gasteiger partial charge in [-0.25, -0.2) is 4.98 Å². The van der Waals surface area contributed by atoms with E-state index < -0.39 is 0 Å². The summed E-state index contributed by atoms with van der Waals surface area (Å²) in [4.78, 5) is 15.9. The van der Waals surface area contributed by atoms with Crippen LogP contribution in [0, 0.1) is 0 Å². The van der Waals surface area contributed by atoms with Crippen LogP contribution in [0.25, 0.3) is 0 Å². The van der Waals surface area contributed by atoms with E-state index in [4.69, 9.17) is 4.74 Å². The molecule has 1 aromatic heterocycles. The fourth-order valence-corrected chi connectivity index (χ4v) is 1.81. The van der Waals surface area contributed by atoms with Crippen molar-refractivity contribution in [2.24, 2.45) is 0 Å². The summed E-state index contributed by atoms with van der Waals surface area (Å²) in [6, 6.07) is 12.7. The highest BCUT2D eigenvalue weighted by molar-refractivity contribution is 5.90. The Kier molecular flexibility index (Phi) is 5.72. The van der Waals surface area contributed by atoms with Gasteiger partial charge in [0.2, 0.25) is 11.8 Å². The third-order valence-electron chi connectivity index (χ3n) is 2.81. The van der Waals surface area contributed by atoms with Crippen LogP contribution in [0.15, 0.2) is 48.7 Å². The van der Waals surface area contributed by atoms with Crippen molar-refractivity contribution in [3.63, 3.8) is 0 Å². The Morgan fingerprint density at radius 3 is 2.90 bits per heavy atom. The lowest BCUT2D eigenvalue weighted by Gasteiger charge is -2.08. The molecule has 1 heterocycles. The molecule has 0 atom stereocenters. The van der Waals surface area contributed by atoms with Crippen molar-refractivity contribution < 1.29 is 9.53 Å². The van der Waals surface area contributed by atoms with Gasteiger partial charge in [-0.2, -0.15) is 0 Å². The van der Waals surface area contributed by atoms with Gasteiger partial charge in [0.05, 0.1) is 0 Å². The molecule has 0 saturated carbocycles. The van der Waals surface area contributed by atoms with Crippen molar-refractivity contribution in [2.75, 3.05) is 18.9 Å². The van der Waals surface area contributed by atoms with Crippen LogP contribution in [0.2, 0.25) is 0 Å². The number of aromatic nitrogens is 1. The number of amides is 1. The largest absolute Gasteiger partial charge is 0.439 e. The Hall–Kier alpha value is -2.40. The van der Waals surface area contributed by atoms with Crippen molar-refractivity contribution >= 4 is 11.6 Å². The van der Waals surface area contributed by atoms with E-state index >= 15 is 0 Å². The van der Waals surface area contributed by atoms with Crippen molar-refractivity contribution in [2.45, 2.75) is 12.8 Å². The Labute approximate surface area is 124 Å². The molecule has 21 heavy (non-hydrogen) atoms. The van der Waals surface area contributed by atoms with Crippen LogP contribution in [0.1, 0.15) is 12.8 Å². The number of carbonyl (C=O) groups excluding carboxylic acids is 1. The van der Waals surface area contributed by atoms with Crippen molar-refractivity contribution in [1.82, 2.24) is 10.3 Å². The van der Waals surface area contributed by atoms with Gasteiger partial charge in [-0.3, -0.25) is 4.79 Å². The Morgan fingerprint density at radius 1 is 1.24 bits per heavy atom. The average molecular weight is 285 g/mol. The molecule has 110 valence electrons. The molecule has 0 aliphatic heterocycles. The zero-order valence-electron chi connectivity index (χ0n) is 12.0. The normalized spacial score (nSPS) is 10.1. The van der Waals surface area contributed by atoms with Gasteiger partial charge >= 0.3 is 0 Å². The number of hydrogen-bond donors (Lipinski definition) is 2. The molecule has 0 aliphatic carbocycles. The van der Waals surface area contributed by atoms with Gasteiger partial charge in [0.1, 0.15) is 5.75 Å². The number of hydrogen-bond acceptors (Lipinski definition) is 4. The monoisotopic (exact) mass is 285 g/mol. The Bertz CT molecular complexity index is 573. The zero-order valence-corrected chi connectivity index (χ0v) is 12.0. The summed E-state index contributed by atoms with van der Waals surface area (Å²) < 4.78 is 5.63. The fraction of sp³-hybridized carbons (Fsp3) is 0.250. The first kappa shape index (κ1) is 15.0. The third-order valence-corrected chi connectivity index (χ3v) is 2.81. The van der Waals surface area contributed by atoms with E-state index in [0.717, 1.165) is 18.7 Å². The first-order chi connectivity index (χ1) is 10.3. The number of rotatable bonds is 7. The summed E-state index contributed by atoms with van der Waals surface area (Å²) in [5, 5.41) is 5.88. The van der Waals surface area contributed by atoms with Gasteiger partial charge in [0.15, 0.2) is 0 Å². The lowest BCUT2D eigenvalue weighted by atomic mass is 10.2. The van der Waals surface area contributed by atoms with Gasteiger partial charge in [0.25, 0.3) is 0 Å². The van der Waals surface area contributed by atoms with Crippen LogP contribution < -0.4 is 15.4 Å². The maximum Gasteiger partial charge on any atom is 0.224 e.